The Bertz CT molecular complexity index is 328. The number of nitrogens with zero attached hydrogens (tertiary/aromatic N) is 2. The van der Waals surface area contributed by atoms with Crippen molar-refractivity contribution < 1.29 is 5.11 Å². The molecule has 1 atom stereocenters. The van der Waals surface area contributed by atoms with Crippen molar-refractivity contribution in [3.8, 4) is 5.75 Å². The van der Waals surface area contributed by atoms with Crippen LogP contribution in [-0.4, -0.2) is 34.6 Å². The summed E-state index contributed by atoms with van der Waals surface area (Å²) in [6.07, 6.45) is 0. The monoisotopic (exact) mass is 209 g/mol. The van der Waals surface area contributed by atoms with Gasteiger partial charge in [0.25, 0.3) is 0 Å². The Balaban J connectivity index is 2.75. The molecule has 1 aromatic heterocycles. The molecule has 15 heavy (non-hydrogen) atoms. The van der Waals surface area contributed by atoms with Gasteiger partial charge in [0.1, 0.15) is 5.75 Å². The lowest BCUT2D eigenvalue weighted by atomic mass is 10.2. The molecule has 4 heteroatoms. The lowest BCUT2D eigenvalue weighted by molar-refractivity contribution is 0.248. The van der Waals surface area contributed by atoms with Gasteiger partial charge in [-0.15, -0.1) is 0 Å². The number of hydrogen-bond acceptors (Lipinski definition) is 4. The largest absolute Gasteiger partial charge is 0.506 e. The van der Waals surface area contributed by atoms with Crippen molar-refractivity contribution in [2.24, 2.45) is 5.73 Å². The summed E-state index contributed by atoms with van der Waals surface area (Å²) >= 11 is 0. The van der Waals surface area contributed by atoms with Gasteiger partial charge in [0.2, 0.25) is 0 Å². The minimum Gasteiger partial charge on any atom is -0.506 e. The average molecular weight is 209 g/mol. The van der Waals surface area contributed by atoms with E-state index in [-0.39, 0.29) is 11.8 Å². The molecule has 1 aromatic rings. The van der Waals surface area contributed by atoms with Gasteiger partial charge in [-0.3, -0.25) is 9.88 Å². The summed E-state index contributed by atoms with van der Waals surface area (Å²) in [6, 6.07) is 3.76. The fourth-order valence-corrected chi connectivity index (χ4v) is 1.29. The molecular formula is C11H19N3O. The Morgan fingerprint density at radius 3 is 2.80 bits per heavy atom. The van der Waals surface area contributed by atoms with Gasteiger partial charge in [-0.1, -0.05) is 0 Å². The quantitative estimate of drug-likeness (QED) is 0.772. The van der Waals surface area contributed by atoms with E-state index in [1.807, 2.05) is 20.9 Å². The number of aromatic nitrogens is 1. The van der Waals surface area contributed by atoms with Crippen LogP contribution in [0.1, 0.15) is 18.3 Å². The lowest BCUT2D eigenvalue weighted by Crippen LogP contribution is -2.35. The lowest BCUT2D eigenvalue weighted by Gasteiger charge is -2.23. The maximum absolute atomic E-state index is 9.62. The third-order valence-corrected chi connectivity index (χ3v) is 2.58. The highest BCUT2D eigenvalue weighted by Crippen LogP contribution is 2.16. The minimum atomic E-state index is 0.247. The Morgan fingerprint density at radius 1 is 1.53 bits per heavy atom. The Kier molecular flexibility index (Phi) is 4.05. The molecule has 4 nitrogen and oxygen atoms in total. The molecule has 84 valence electrons. The summed E-state index contributed by atoms with van der Waals surface area (Å²) in [4.78, 5) is 6.37. The molecule has 0 spiro atoms. The standard InChI is InChI=1S/C11H19N3O/c1-8-4-5-11(15)10(13-8)7-14(3)9(2)6-12/h4-5,9,15H,6-7,12H2,1-3H3. The van der Waals surface area contributed by atoms with Crippen molar-refractivity contribution in [2.45, 2.75) is 26.4 Å². The van der Waals surface area contributed by atoms with Crippen molar-refractivity contribution in [1.29, 1.82) is 0 Å². The van der Waals surface area contributed by atoms with Gasteiger partial charge >= 0.3 is 0 Å². The highest BCUT2D eigenvalue weighted by atomic mass is 16.3. The number of rotatable bonds is 4. The van der Waals surface area contributed by atoms with Gasteiger partial charge < -0.3 is 10.8 Å². The summed E-state index contributed by atoms with van der Waals surface area (Å²) < 4.78 is 0. The third-order valence-electron chi connectivity index (χ3n) is 2.58. The zero-order valence-electron chi connectivity index (χ0n) is 9.57. The summed E-state index contributed by atoms with van der Waals surface area (Å²) in [5.41, 5.74) is 7.19. The first-order chi connectivity index (χ1) is 7.04. The summed E-state index contributed by atoms with van der Waals surface area (Å²) in [7, 11) is 1.97. The van der Waals surface area contributed by atoms with Gasteiger partial charge in [-0.2, -0.15) is 0 Å². The van der Waals surface area contributed by atoms with Crippen molar-refractivity contribution in [3.05, 3.63) is 23.5 Å². The Labute approximate surface area is 90.7 Å². The molecule has 0 aromatic carbocycles. The van der Waals surface area contributed by atoms with Crippen LogP contribution in [0, 0.1) is 6.92 Å². The molecule has 3 N–H and O–H groups in total. The van der Waals surface area contributed by atoms with E-state index in [1.54, 1.807) is 12.1 Å². The number of aryl methyl sites for hydroxylation is 1. The number of likely N-dealkylation sites (N-methyl/N-ethyl adjacent to an activating group) is 1. The van der Waals surface area contributed by atoms with Crippen LogP contribution in [0.2, 0.25) is 0 Å². The first-order valence-electron chi connectivity index (χ1n) is 5.10. The Hall–Kier alpha value is -1.13. The van der Waals surface area contributed by atoms with E-state index in [4.69, 9.17) is 5.73 Å². The molecule has 0 bridgehead atoms. The predicted molar refractivity (Wildman–Crippen MR) is 60.6 cm³/mol. The summed E-state index contributed by atoms with van der Waals surface area (Å²) in [5.74, 6) is 0.247. The summed E-state index contributed by atoms with van der Waals surface area (Å²) in [6.45, 7) is 5.18. The van der Waals surface area contributed by atoms with E-state index in [1.165, 1.54) is 0 Å². The first kappa shape index (κ1) is 11.9. The van der Waals surface area contributed by atoms with Crippen LogP contribution in [0.5, 0.6) is 5.75 Å². The third kappa shape index (κ3) is 3.18. The van der Waals surface area contributed by atoms with Crippen molar-refractivity contribution in [1.82, 2.24) is 9.88 Å². The molecule has 0 saturated carbocycles. The minimum absolute atomic E-state index is 0.247. The van der Waals surface area contributed by atoms with E-state index in [2.05, 4.69) is 9.88 Å². The van der Waals surface area contributed by atoms with Crippen LogP contribution >= 0.6 is 0 Å². The van der Waals surface area contributed by atoms with Crippen LogP contribution in [0.25, 0.3) is 0 Å². The molecule has 0 radical (unpaired) electrons. The van der Waals surface area contributed by atoms with Gasteiger partial charge in [-0.25, -0.2) is 0 Å². The number of aromatic hydroxyl groups is 1. The predicted octanol–water partition coefficient (Wildman–Crippen LogP) is 0.875. The smallest absolute Gasteiger partial charge is 0.138 e. The van der Waals surface area contributed by atoms with Gasteiger partial charge in [-0.05, 0) is 33.0 Å². The van der Waals surface area contributed by atoms with E-state index in [9.17, 15) is 5.11 Å². The van der Waals surface area contributed by atoms with Gasteiger partial charge in [0, 0.05) is 24.8 Å². The second-order valence-corrected chi connectivity index (χ2v) is 3.92. The van der Waals surface area contributed by atoms with Crippen molar-refractivity contribution in [3.63, 3.8) is 0 Å². The van der Waals surface area contributed by atoms with E-state index in [0.717, 1.165) is 5.69 Å². The normalized spacial score (nSPS) is 13.1. The molecular weight excluding hydrogens is 190 g/mol. The molecule has 0 fully saturated rings. The van der Waals surface area contributed by atoms with Crippen LogP contribution in [0.4, 0.5) is 0 Å². The fraction of sp³-hybridized carbons (Fsp3) is 0.545. The van der Waals surface area contributed by atoms with Crippen molar-refractivity contribution >= 4 is 0 Å². The maximum Gasteiger partial charge on any atom is 0.138 e. The number of nitrogens with two attached hydrogens (primary N) is 1. The number of pyridine rings is 1. The number of hydrogen-bond donors (Lipinski definition) is 2. The highest BCUT2D eigenvalue weighted by Gasteiger charge is 2.11. The van der Waals surface area contributed by atoms with Crippen molar-refractivity contribution in [2.75, 3.05) is 13.6 Å². The molecule has 1 rings (SSSR count). The van der Waals surface area contributed by atoms with Crippen LogP contribution in [0.3, 0.4) is 0 Å². The van der Waals surface area contributed by atoms with Crippen LogP contribution < -0.4 is 5.73 Å². The van der Waals surface area contributed by atoms with Gasteiger partial charge in [0.05, 0.1) is 5.69 Å². The van der Waals surface area contributed by atoms with E-state index < -0.39 is 0 Å². The average Bonchev–Trinajstić information content (AvgIpc) is 2.22. The molecule has 0 aliphatic carbocycles. The van der Waals surface area contributed by atoms with Gasteiger partial charge in [0.15, 0.2) is 0 Å². The molecule has 0 amide bonds. The molecule has 0 aliphatic heterocycles. The molecule has 0 aliphatic rings. The molecule has 1 heterocycles. The fourth-order valence-electron chi connectivity index (χ4n) is 1.29. The molecule has 0 saturated heterocycles. The second-order valence-electron chi connectivity index (χ2n) is 3.92. The van der Waals surface area contributed by atoms with E-state index in [0.29, 0.717) is 18.8 Å². The van der Waals surface area contributed by atoms with Crippen LogP contribution in [0.15, 0.2) is 12.1 Å². The topological polar surface area (TPSA) is 62.4 Å². The maximum atomic E-state index is 9.62. The highest BCUT2D eigenvalue weighted by molar-refractivity contribution is 5.27. The second kappa shape index (κ2) is 5.09. The molecule has 1 unspecified atom stereocenters. The zero-order valence-corrected chi connectivity index (χ0v) is 9.57. The van der Waals surface area contributed by atoms with E-state index >= 15 is 0 Å². The Morgan fingerprint density at radius 2 is 2.20 bits per heavy atom. The zero-order chi connectivity index (χ0) is 11.4. The van der Waals surface area contributed by atoms with Crippen LogP contribution in [-0.2, 0) is 6.54 Å². The summed E-state index contributed by atoms with van der Waals surface area (Å²) in [5, 5.41) is 9.62. The SMILES string of the molecule is Cc1ccc(O)c(CN(C)C(C)CN)n1. The first-order valence-corrected chi connectivity index (χ1v) is 5.10.